The van der Waals surface area contributed by atoms with Crippen LogP contribution in [0, 0.1) is 0 Å². The molecule has 1 saturated heterocycles. The van der Waals surface area contributed by atoms with Crippen molar-refractivity contribution in [3.05, 3.63) is 0 Å². The van der Waals surface area contributed by atoms with Crippen LogP contribution in [-0.4, -0.2) is 42.0 Å². The number of nitrogens with one attached hydrogen (secondary N) is 1. The van der Waals surface area contributed by atoms with E-state index in [1.54, 1.807) is 0 Å². The van der Waals surface area contributed by atoms with Gasteiger partial charge in [-0.3, -0.25) is 4.79 Å². The lowest BCUT2D eigenvalue weighted by atomic mass is 9.90. The van der Waals surface area contributed by atoms with Gasteiger partial charge in [-0.15, -0.1) is 0 Å². The van der Waals surface area contributed by atoms with Gasteiger partial charge in [-0.25, -0.2) is 12.7 Å². The molecule has 1 aliphatic carbocycles. The molecule has 0 atom stereocenters. The highest BCUT2D eigenvalue weighted by atomic mass is 32.2. The fraction of sp³-hybridized carbons (Fsp3) is 0.917. The molecule has 2 aliphatic rings. The first-order chi connectivity index (χ1) is 8.32. The van der Waals surface area contributed by atoms with Crippen LogP contribution < -0.4 is 5.32 Å². The SMILES string of the molecule is CCNC1CCC(N2C(=O)C(C)(C)S2(=O)=O)CC1. The number of rotatable bonds is 3. The van der Waals surface area contributed by atoms with Crippen molar-refractivity contribution in [1.82, 2.24) is 9.62 Å². The Morgan fingerprint density at radius 2 is 1.83 bits per heavy atom. The van der Waals surface area contributed by atoms with Crippen molar-refractivity contribution in [3.8, 4) is 0 Å². The number of amides is 1. The number of nitrogens with zero attached hydrogens (tertiary/aromatic N) is 1. The van der Waals surface area contributed by atoms with E-state index in [-0.39, 0.29) is 11.9 Å². The molecule has 104 valence electrons. The first-order valence-corrected chi connectivity index (χ1v) is 8.08. The third-order valence-corrected chi connectivity index (χ3v) is 6.59. The summed E-state index contributed by atoms with van der Waals surface area (Å²) in [6.45, 7) is 5.98. The second-order valence-corrected chi connectivity index (χ2v) is 8.04. The lowest BCUT2D eigenvalue weighted by Gasteiger charge is -2.48. The highest BCUT2D eigenvalue weighted by Crippen LogP contribution is 2.40. The Bertz CT molecular complexity index is 436. The van der Waals surface area contributed by atoms with Crippen molar-refractivity contribution in [2.24, 2.45) is 0 Å². The van der Waals surface area contributed by atoms with Crippen LogP contribution >= 0.6 is 0 Å². The van der Waals surface area contributed by atoms with Crippen LogP contribution in [-0.2, 0) is 14.8 Å². The van der Waals surface area contributed by atoms with Crippen LogP contribution in [0.3, 0.4) is 0 Å². The minimum absolute atomic E-state index is 0.120. The van der Waals surface area contributed by atoms with Gasteiger partial charge in [0.1, 0.15) is 0 Å². The van der Waals surface area contributed by atoms with Crippen LogP contribution in [0.5, 0.6) is 0 Å². The molecule has 1 aliphatic heterocycles. The molecule has 1 amide bonds. The Morgan fingerprint density at radius 3 is 2.28 bits per heavy atom. The van der Waals surface area contributed by atoms with Gasteiger partial charge in [-0.1, -0.05) is 6.92 Å². The maximum atomic E-state index is 12.1. The topological polar surface area (TPSA) is 66.5 Å². The Hall–Kier alpha value is -0.620. The van der Waals surface area contributed by atoms with E-state index in [4.69, 9.17) is 0 Å². The highest BCUT2D eigenvalue weighted by Gasteiger charge is 2.62. The monoisotopic (exact) mass is 274 g/mol. The fourth-order valence-electron chi connectivity index (χ4n) is 2.86. The minimum Gasteiger partial charge on any atom is -0.314 e. The normalized spacial score (nSPS) is 34.2. The maximum absolute atomic E-state index is 12.1. The summed E-state index contributed by atoms with van der Waals surface area (Å²) in [4.78, 5) is 11.9. The van der Waals surface area contributed by atoms with Crippen molar-refractivity contribution in [2.45, 2.75) is 63.3 Å². The average molecular weight is 274 g/mol. The van der Waals surface area contributed by atoms with Gasteiger partial charge in [0.15, 0.2) is 4.75 Å². The van der Waals surface area contributed by atoms with Crippen molar-refractivity contribution in [1.29, 1.82) is 0 Å². The summed E-state index contributed by atoms with van der Waals surface area (Å²) in [5, 5.41) is 3.38. The summed E-state index contributed by atoms with van der Waals surface area (Å²) in [5.74, 6) is -0.241. The second kappa shape index (κ2) is 4.49. The van der Waals surface area contributed by atoms with E-state index >= 15 is 0 Å². The lowest BCUT2D eigenvalue weighted by molar-refractivity contribution is -0.134. The van der Waals surface area contributed by atoms with Gasteiger partial charge in [-0.2, -0.15) is 0 Å². The molecule has 1 N–H and O–H groups in total. The van der Waals surface area contributed by atoms with Crippen LogP contribution in [0.25, 0.3) is 0 Å². The predicted octanol–water partition coefficient (Wildman–Crippen LogP) is 0.858. The fourth-order valence-corrected chi connectivity index (χ4v) is 4.59. The summed E-state index contributed by atoms with van der Waals surface area (Å²) in [7, 11) is -3.42. The largest absolute Gasteiger partial charge is 0.314 e. The molecular weight excluding hydrogens is 252 g/mol. The van der Waals surface area contributed by atoms with E-state index in [9.17, 15) is 13.2 Å². The van der Waals surface area contributed by atoms with Crippen LogP contribution in [0.2, 0.25) is 0 Å². The molecule has 2 rings (SSSR count). The predicted molar refractivity (Wildman–Crippen MR) is 69.6 cm³/mol. The Morgan fingerprint density at radius 1 is 1.28 bits per heavy atom. The first kappa shape index (κ1) is 13.8. The van der Waals surface area contributed by atoms with Gasteiger partial charge in [0.05, 0.1) is 0 Å². The van der Waals surface area contributed by atoms with Crippen molar-refractivity contribution < 1.29 is 13.2 Å². The third kappa shape index (κ3) is 1.86. The van der Waals surface area contributed by atoms with E-state index in [0.717, 1.165) is 36.5 Å². The Kier molecular flexibility index (Phi) is 3.44. The summed E-state index contributed by atoms with van der Waals surface area (Å²) >= 11 is 0. The number of hydrogen-bond donors (Lipinski definition) is 1. The third-order valence-electron chi connectivity index (χ3n) is 4.14. The molecule has 0 unspecified atom stereocenters. The quantitative estimate of drug-likeness (QED) is 0.829. The van der Waals surface area contributed by atoms with Gasteiger partial charge < -0.3 is 5.32 Å². The van der Waals surface area contributed by atoms with E-state index < -0.39 is 14.8 Å². The molecule has 0 bridgehead atoms. The van der Waals surface area contributed by atoms with Crippen LogP contribution in [0.1, 0.15) is 46.5 Å². The minimum atomic E-state index is -3.42. The van der Waals surface area contributed by atoms with Gasteiger partial charge in [0.2, 0.25) is 0 Å². The molecule has 0 spiro atoms. The zero-order chi connectivity index (χ0) is 13.6. The Balaban J connectivity index is 2.02. The standard InChI is InChI=1S/C12H22N2O3S/c1-4-13-9-5-7-10(8-6-9)14-11(15)12(2,3)18(14,16)17/h9-10,13H,4-8H2,1-3H3. The average Bonchev–Trinajstić information content (AvgIpc) is 2.31. The van der Waals surface area contributed by atoms with Crippen LogP contribution in [0.4, 0.5) is 0 Å². The molecule has 1 heterocycles. The molecule has 0 aromatic rings. The van der Waals surface area contributed by atoms with E-state index in [2.05, 4.69) is 12.2 Å². The number of sulfonamides is 1. The second-order valence-electron chi connectivity index (χ2n) is 5.68. The number of carbonyl (C=O) groups excluding carboxylic acids is 1. The highest BCUT2D eigenvalue weighted by molar-refractivity contribution is 7.94. The van der Waals surface area contributed by atoms with Gasteiger partial charge in [0.25, 0.3) is 15.9 Å². The molecular formula is C12H22N2O3S. The van der Waals surface area contributed by atoms with E-state index in [1.165, 1.54) is 13.8 Å². The Labute approximate surface area is 109 Å². The smallest absolute Gasteiger partial charge is 0.259 e. The maximum Gasteiger partial charge on any atom is 0.259 e. The summed E-state index contributed by atoms with van der Waals surface area (Å²) in [5.41, 5.74) is 0. The van der Waals surface area contributed by atoms with E-state index in [0.29, 0.717) is 6.04 Å². The van der Waals surface area contributed by atoms with Crippen LogP contribution in [0.15, 0.2) is 0 Å². The first-order valence-electron chi connectivity index (χ1n) is 6.64. The zero-order valence-electron chi connectivity index (χ0n) is 11.3. The molecule has 5 nitrogen and oxygen atoms in total. The molecule has 2 fully saturated rings. The molecule has 1 saturated carbocycles. The lowest BCUT2D eigenvalue weighted by Crippen LogP contribution is -2.70. The van der Waals surface area contributed by atoms with Crippen molar-refractivity contribution >= 4 is 15.9 Å². The summed E-state index contributed by atoms with van der Waals surface area (Å²) < 4.78 is 24.1. The molecule has 6 heteroatoms. The van der Waals surface area contributed by atoms with E-state index in [1.807, 2.05) is 0 Å². The van der Waals surface area contributed by atoms with Gasteiger partial charge in [0, 0.05) is 12.1 Å². The number of carbonyl (C=O) groups is 1. The van der Waals surface area contributed by atoms with Crippen molar-refractivity contribution in [3.63, 3.8) is 0 Å². The summed E-state index contributed by atoms with van der Waals surface area (Å²) in [6, 6.07) is 0.351. The number of hydrogen-bond acceptors (Lipinski definition) is 4. The van der Waals surface area contributed by atoms with Gasteiger partial charge >= 0.3 is 0 Å². The van der Waals surface area contributed by atoms with Gasteiger partial charge in [-0.05, 0) is 46.1 Å². The summed E-state index contributed by atoms with van der Waals surface area (Å²) in [6.07, 6.45) is 3.44. The molecule has 0 aromatic carbocycles. The molecule has 18 heavy (non-hydrogen) atoms. The molecule has 0 radical (unpaired) electrons. The zero-order valence-corrected chi connectivity index (χ0v) is 12.1. The molecule has 0 aromatic heterocycles. The van der Waals surface area contributed by atoms with Crippen molar-refractivity contribution in [2.75, 3.05) is 6.54 Å².